The molecule has 0 spiro atoms. The van der Waals surface area contributed by atoms with Crippen molar-refractivity contribution >= 4 is 27.8 Å². The SMILES string of the molecule is Cc1nnc(NC(C)c2sc(C(C)(C)C)nc2C)s1. The highest BCUT2D eigenvalue weighted by Gasteiger charge is 2.22. The van der Waals surface area contributed by atoms with Gasteiger partial charge in [-0.15, -0.1) is 21.5 Å². The lowest BCUT2D eigenvalue weighted by Gasteiger charge is -2.14. The number of thiazole rings is 1. The van der Waals surface area contributed by atoms with Crippen LogP contribution in [0.15, 0.2) is 0 Å². The van der Waals surface area contributed by atoms with E-state index in [2.05, 4.69) is 50.1 Å². The van der Waals surface area contributed by atoms with E-state index in [1.807, 2.05) is 6.92 Å². The number of nitrogens with one attached hydrogen (secondary N) is 1. The first-order valence-electron chi connectivity index (χ1n) is 6.32. The first-order chi connectivity index (χ1) is 8.77. The van der Waals surface area contributed by atoms with Gasteiger partial charge in [0.15, 0.2) is 0 Å². The molecule has 19 heavy (non-hydrogen) atoms. The molecule has 0 fully saturated rings. The van der Waals surface area contributed by atoms with E-state index in [1.54, 1.807) is 22.7 Å². The van der Waals surface area contributed by atoms with Gasteiger partial charge in [-0.3, -0.25) is 0 Å². The van der Waals surface area contributed by atoms with Crippen LogP contribution in [-0.4, -0.2) is 15.2 Å². The van der Waals surface area contributed by atoms with Crippen LogP contribution in [0, 0.1) is 13.8 Å². The highest BCUT2D eigenvalue weighted by atomic mass is 32.1. The quantitative estimate of drug-likeness (QED) is 0.927. The predicted molar refractivity (Wildman–Crippen MR) is 82.2 cm³/mol. The lowest BCUT2D eigenvalue weighted by Crippen LogP contribution is -2.10. The minimum absolute atomic E-state index is 0.104. The molecule has 2 aromatic rings. The second kappa shape index (κ2) is 5.17. The summed E-state index contributed by atoms with van der Waals surface area (Å²) < 4.78 is 0. The molecular formula is C13H20N4S2. The minimum Gasteiger partial charge on any atom is -0.353 e. The van der Waals surface area contributed by atoms with Gasteiger partial charge in [0.2, 0.25) is 5.13 Å². The highest BCUT2D eigenvalue weighted by Crippen LogP contribution is 2.34. The molecule has 104 valence electrons. The van der Waals surface area contributed by atoms with E-state index >= 15 is 0 Å². The van der Waals surface area contributed by atoms with Gasteiger partial charge in [-0.05, 0) is 20.8 Å². The number of aryl methyl sites for hydroxylation is 2. The molecule has 0 aliphatic heterocycles. The maximum Gasteiger partial charge on any atom is 0.206 e. The van der Waals surface area contributed by atoms with Crippen LogP contribution in [0.25, 0.3) is 0 Å². The van der Waals surface area contributed by atoms with Gasteiger partial charge in [-0.2, -0.15) is 0 Å². The Hall–Kier alpha value is -1.01. The van der Waals surface area contributed by atoms with Crippen molar-refractivity contribution in [3.05, 3.63) is 20.6 Å². The third-order valence-corrected chi connectivity index (χ3v) is 5.27. The lowest BCUT2D eigenvalue weighted by atomic mass is 9.98. The molecule has 1 N–H and O–H groups in total. The van der Waals surface area contributed by atoms with Crippen molar-refractivity contribution in [1.82, 2.24) is 15.2 Å². The summed E-state index contributed by atoms with van der Waals surface area (Å²) in [5.74, 6) is 0. The highest BCUT2D eigenvalue weighted by molar-refractivity contribution is 7.15. The molecule has 0 aromatic carbocycles. The molecule has 2 rings (SSSR count). The first kappa shape index (κ1) is 14.4. The summed E-state index contributed by atoms with van der Waals surface area (Å²) in [4.78, 5) is 5.97. The van der Waals surface area contributed by atoms with Crippen LogP contribution in [0.3, 0.4) is 0 Å². The number of hydrogen-bond donors (Lipinski definition) is 1. The number of hydrogen-bond acceptors (Lipinski definition) is 6. The molecule has 1 unspecified atom stereocenters. The second-order valence-electron chi connectivity index (χ2n) is 5.71. The van der Waals surface area contributed by atoms with Gasteiger partial charge in [0, 0.05) is 10.3 Å². The molecule has 0 saturated heterocycles. The Morgan fingerprint density at radius 3 is 2.26 bits per heavy atom. The number of rotatable bonds is 3. The fraction of sp³-hybridized carbons (Fsp3) is 0.615. The summed E-state index contributed by atoms with van der Waals surface area (Å²) in [7, 11) is 0. The van der Waals surface area contributed by atoms with Crippen LogP contribution in [0.4, 0.5) is 5.13 Å². The predicted octanol–water partition coefficient (Wildman–Crippen LogP) is 4.08. The van der Waals surface area contributed by atoms with E-state index in [1.165, 1.54) is 9.88 Å². The average molecular weight is 296 g/mol. The van der Waals surface area contributed by atoms with E-state index in [0.29, 0.717) is 0 Å². The minimum atomic E-state index is 0.104. The van der Waals surface area contributed by atoms with E-state index < -0.39 is 0 Å². The summed E-state index contributed by atoms with van der Waals surface area (Å²) in [5.41, 5.74) is 1.21. The molecule has 0 aliphatic rings. The van der Waals surface area contributed by atoms with Crippen molar-refractivity contribution in [2.75, 3.05) is 5.32 Å². The fourth-order valence-corrected chi connectivity index (χ4v) is 3.54. The van der Waals surface area contributed by atoms with Gasteiger partial charge < -0.3 is 5.32 Å². The molecule has 0 aliphatic carbocycles. The van der Waals surface area contributed by atoms with Gasteiger partial charge in [0.1, 0.15) is 5.01 Å². The number of aromatic nitrogens is 3. The standard InChI is InChI=1S/C13H20N4S2/c1-7-10(19-11(14-7)13(4,5)6)8(2)15-12-17-16-9(3)18-12/h8H,1-6H3,(H,15,17). The zero-order valence-electron chi connectivity index (χ0n) is 12.2. The van der Waals surface area contributed by atoms with Crippen LogP contribution in [0.2, 0.25) is 0 Å². The second-order valence-corrected chi connectivity index (χ2v) is 7.92. The Balaban J connectivity index is 2.19. The molecule has 0 radical (unpaired) electrons. The third kappa shape index (κ3) is 3.30. The van der Waals surface area contributed by atoms with Crippen LogP contribution >= 0.6 is 22.7 Å². The van der Waals surface area contributed by atoms with Crippen LogP contribution in [-0.2, 0) is 5.41 Å². The Bertz CT molecular complexity index is 565. The maximum atomic E-state index is 4.70. The van der Waals surface area contributed by atoms with Crippen LogP contribution in [0.1, 0.15) is 54.3 Å². The molecule has 4 nitrogen and oxygen atoms in total. The molecule has 2 aromatic heterocycles. The molecule has 2 heterocycles. The summed E-state index contributed by atoms with van der Waals surface area (Å²) in [6.07, 6.45) is 0. The van der Waals surface area contributed by atoms with Gasteiger partial charge in [0.05, 0.1) is 16.7 Å². The van der Waals surface area contributed by atoms with Crippen molar-refractivity contribution in [3.63, 3.8) is 0 Å². The smallest absolute Gasteiger partial charge is 0.206 e. The monoisotopic (exact) mass is 296 g/mol. The van der Waals surface area contributed by atoms with E-state index in [-0.39, 0.29) is 11.5 Å². The first-order valence-corrected chi connectivity index (χ1v) is 7.95. The molecule has 1 atom stereocenters. The van der Waals surface area contributed by atoms with E-state index in [4.69, 9.17) is 4.98 Å². The topological polar surface area (TPSA) is 50.7 Å². The fourth-order valence-electron chi connectivity index (χ4n) is 1.74. The Morgan fingerprint density at radius 2 is 1.79 bits per heavy atom. The van der Waals surface area contributed by atoms with Crippen molar-refractivity contribution in [2.24, 2.45) is 0 Å². The summed E-state index contributed by atoms with van der Waals surface area (Å²) in [5, 5.41) is 14.6. The molecular weight excluding hydrogens is 276 g/mol. The van der Waals surface area contributed by atoms with E-state index in [0.717, 1.165) is 15.8 Å². The molecule has 0 bridgehead atoms. The Kier molecular flexibility index (Phi) is 3.92. The summed E-state index contributed by atoms with van der Waals surface area (Å²) in [6, 6.07) is 0.209. The molecule has 0 amide bonds. The lowest BCUT2D eigenvalue weighted by molar-refractivity contribution is 0.584. The number of nitrogens with zero attached hydrogens (tertiary/aromatic N) is 3. The Morgan fingerprint density at radius 1 is 1.11 bits per heavy atom. The zero-order valence-corrected chi connectivity index (χ0v) is 13.9. The zero-order chi connectivity index (χ0) is 14.2. The van der Waals surface area contributed by atoms with E-state index in [9.17, 15) is 0 Å². The van der Waals surface area contributed by atoms with Gasteiger partial charge in [-0.1, -0.05) is 32.1 Å². The van der Waals surface area contributed by atoms with Crippen molar-refractivity contribution in [2.45, 2.75) is 53.0 Å². The van der Waals surface area contributed by atoms with Crippen LogP contribution in [0.5, 0.6) is 0 Å². The molecule has 0 saturated carbocycles. The van der Waals surface area contributed by atoms with Gasteiger partial charge in [-0.25, -0.2) is 4.98 Å². The van der Waals surface area contributed by atoms with Gasteiger partial charge >= 0.3 is 0 Å². The Labute approximate surface area is 122 Å². The van der Waals surface area contributed by atoms with Crippen molar-refractivity contribution in [1.29, 1.82) is 0 Å². The van der Waals surface area contributed by atoms with Crippen molar-refractivity contribution < 1.29 is 0 Å². The summed E-state index contributed by atoms with van der Waals surface area (Å²) in [6.45, 7) is 12.8. The average Bonchev–Trinajstić information content (AvgIpc) is 2.84. The van der Waals surface area contributed by atoms with Gasteiger partial charge in [0.25, 0.3) is 0 Å². The summed E-state index contributed by atoms with van der Waals surface area (Å²) >= 11 is 3.36. The maximum absolute atomic E-state index is 4.70. The normalized spacial score (nSPS) is 13.6. The van der Waals surface area contributed by atoms with Crippen molar-refractivity contribution in [3.8, 4) is 0 Å². The third-order valence-electron chi connectivity index (χ3n) is 2.73. The largest absolute Gasteiger partial charge is 0.353 e. The number of anilines is 1. The molecule has 6 heteroatoms. The van der Waals surface area contributed by atoms with Crippen LogP contribution < -0.4 is 5.32 Å².